The van der Waals surface area contributed by atoms with E-state index in [0.717, 1.165) is 39.6 Å². The quantitative estimate of drug-likeness (QED) is 0.617. The van der Waals surface area contributed by atoms with Crippen LogP contribution in [-0.2, 0) is 19.0 Å². The Hall–Kier alpha value is -0.450. The molecule has 0 N–H and O–H groups in total. The second-order valence-electron chi connectivity index (χ2n) is 3.45. The van der Waals surface area contributed by atoms with E-state index in [9.17, 15) is 4.79 Å². The molecule has 0 aliphatic carbocycles. The van der Waals surface area contributed by atoms with Gasteiger partial charge in [0.25, 0.3) is 0 Å². The van der Waals surface area contributed by atoms with E-state index in [1.807, 2.05) is 0 Å². The van der Waals surface area contributed by atoms with Crippen molar-refractivity contribution in [1.82, 2.24) is 0 Å². The first-order valence-corrected chi connectivity index (χ1v) is 5.44. The molecule has 2 aliphatic heterocycles. The molecule has 0 atom stereocenters. The van der Waals surface area contributed by atoms with E-state index in [1.54, 1.807) is 0 Å². The van der Waals surface area contributed by atoms with Crippen LogP contribution in [0.2, 0.25) is 0 Å². The maximum atomic E-state index is 9.44. The highest BCUT2D eigenvalue weighted by atomic mass is 16.6. The maximum Gasteiger partial charge on any atom is 0.126 e. The average Bonchev–Trinajstić information content (AvgIpc) is 2.77. The fourth-order valence-corrected chi connectivity index (χ4v) is 0.950. The molecule has 2 aliphatic rings. The monoisotopic (exact) mass is 218 g/mol. The second kappa shape index (κ2) is 11.6. The number of ketones is 1. The summed E-state index contributed by atoms with van der Waals surface area (Å²) in [5.41, 5.74) is 0. The molecular weight excluding hydrogens is 196 g/mol. The van der Waals surface area contributed by atoms with Gasteiger partial charge in [-0.15, -0.1) is 0 Å². The van der Waals surface area contributed by atoms with E-state index < -0.39 is 0 Å². The van der Waals surface area contributed by atoms with Crippen LogP contribution in [0.15, 0.2) is 0 Å². The SMILES string of the molecule is C1CCOC1.C1COCCO1.CC(C)=O. The molecule has 0 bridgehead atoms. The van der Waals surface area contributed by atoms with Gasteiger partial charge in [0.1, 0.15) is 5.78 Å². The minimum absolute atomic E-state index is 0.167. The fourth-order valence-electron chi connectivity index (χ4n) is 0.950. The van der Waals surface area contributed by atoms with Crippen LogP contribution in [0, 0.1) is 0 Å². The highest BCUT2D eigenvalue weighted by Gasteiger charge is 1.95. The van der Waals surface area contributed by atoms with Crippen LogP contribution < -0.4 is 0 Å². The first-order chi connectivity index (χ1) is 7.23. The summed E-state index contributed by atoms with van der Waals surface area (Å²) in [4.78, 5) is 9.44. The number of hydrogen-bond donors (Lipinski definition) is 0. The van der Waals surface area contributed by atoms with Crippen molar-refractivity contribution in [2.24, 2.45) is 0 Å². The number of Topliss-reactive ketones (excluding diaryl/α,β-unsaturated/α-hetero) is 1. The second-order valence-corrected chi connectivity index (χ2v) is 3.45. The average molecular weight is 218 g/mol. The van der Waals surface area contributed by atoms with Crippen LogP contribution in [0.5, 0.6) is 0 Å². The Morgan fingerprint density at radius 1 is 0.733 bits per heavy atom. The molecule has 2 fully saturated rings. The van der Waals surface area contributed by atoms with Gasteiger partial charge in [-0.05, 0) is 26.7 Å². The molecule has 4 nitrogen and oxygen atoms in total. The molecule has 15 heavy (non-hydrogen) atoms. The molecule has 2 saturated heterocycles. The number of carbonyl (C=O) groups excluding carboxylic acids is 1. The van der Waals surface area contributed by atoms with Gasteiger partial charge < -0.3 is 19.0 Å². The van der Waals surface area contributed by atoms with Gasteiger partial charge in [-0.2, -0.15) is 0 Å². The van der Waals surface area contributed by atoms with Gasteiger partial charge in [0, 0.05) is 13.2 Å². The molecule has 0 radical (unpaired) electrons. The summed E-state index contributed by atoms with van der Waals surface area (Å²) in [6, 6.07) is 0. The molecule has 4 heteroatoms. The Labute approximate surface area is 91.9 Å². The predicted octanol–water partition coefficient (Wildman–Crippen LogP) is 1.43. The first kappa shape index (κ1) is 14.6. The molecule has 0 saturated carbocycles. The molecule has 0 spiro atoms. The van der Waals surface area contributed by atoms with E-state index in [1.165, 1.54) is 26.7 Å². The normalized spacial score (nSPS) is 19.3. The van der Waals surface area contributed by atoms with E-state index in [4.69, 9.17) is 14.2 Å². The van der Waals surface area contributed by atoms with Gasteiger partial charge in [0.15, 0.2) is 0 Å². The largest absolute Gasteiger partial charge is 0.381 e. The highest BCUT2D eigenvalue weighted by Crippen LogP contribution is 1.98. The number of ether oxygens (including phenoxy) is 3. The van der Waals surface area contributed by atoms with Crippen molar-refractivity contribution >= 4 is 5.78 Å². The lowest BCUT2D eigenvalue weighted by Crippen LogP contribution is -2.16. The van der Waals surface area contributed by atoms with Crippen molar-refractivity contribution < 1.29 is 19.0 Å². The molecule has 90 valence electrons. The Kier molecular flexibility index (Phi) is 11.3. The molecule has 0 aromatic rings. The maximum absolute atomic E-state index is 9.44. The standard InChI is InChI=1S/C4H8O2.C4H8O.C3H6O/c1-2-6-4-3-5-1;1-2-4-5-3-1;1-3(2)4/h1-4H2;1-4H2;1-2H3. The molecule has 0 aromatic heterocycles. The van der Waals surface area contributed by atoms with Crippen molar-refractivity contribution in [3.05, 3.63) is 0 Å². The molecule has 2 rings (SSSR count). The Morgan fingerprint density at radius 3 is 1.13 bits per heavy atom. The first-order valence-electron chi connectivity index (χ1n) is 5.44. The van der Waals surface area contributed by atoms with Gasteiger partial charge in [-0.25, -0.2) is 0 Å². The highest BCUT2D eigenvalue weighted by molar-refractivity contribution is 5.72. The van der Waals surface area contributed by atoms with Crippen molar-refractivity contribution in [3.63, 3.8) is 0 Å². The predicted molar refractivity (Wildman–Crippen MR) is 58.0 cm³/mol. The van der Waals surface area contributed by atoms with Crippen LogP contribution in [0.4, 0.5) is 0 Å². The van der Waals surface area contributed by atoms with Gasteiger partial charge in [0.05, 0.1) is 26.4 Å². The van der Waals surface area contributed by atoms with Crippen molar-refractivity contribution in [3.8, 4) is 0 Å². The molecule has 0 aromatic carbocycles. The summed E-state index contributed by atoms with van der Waals surface area (Å²) < 4.78 is 14.8. The van der Waals surface area contributed by atoms with E-state index in [2.05, 4.69) is 0 Å². The molecule has 2 heterocycles. The third kappa shape index (κ3) is 16.2. The Balaban J connectivity index is 0.000000202. The molecular formula is C11H22O4. The lowest BCUT2D eigenvalue weighted by atomic mass is 10.4. The fraction of sp³-hybridized carbons (Fsp3) is 0.909. The van der Waals surface area contributed by atoms with E-state index >= 15 is 0 Å². The summed E-state index contributed by atoms with van der Waals surface area (Å²) >= 11 is 0. The van der Waals surface area contributed by atoms with Crippen LogP contribution in [0.25, 0.3) is 0 Å². The number of carbonyl (C=O) groups is 1. The smallest absolute Gasteiger partial charge is 0.126 e. The van der Waals surface area contributed by atoms with Crippen LogP contribution in [0.3, 0.4) is 0 Å². The molecule has 0 amide bonds. The van der Waals surface area contributed by atoms with Gasteiger partial charge >= 0.3 is 0 Å². The number of rotatable bonds is 0. The third-order valence-electron chi connectivity index (χ3n) is 1.57. The van der Waals surface area contributed by atoms with E-state index in [0.29, 0.717) is 0 Å². The number of hydrogen-bond acceptors (Lipinski definition) is 4. The lowest BCUT2D eigenvalue weighted by molar-refractivity contribution is -0.114. The minimum Gasteiger partial charge on any atom is -0.381 e. The Morgan fingerprint density at radius 2 is 1.00 bits per heavy atom. The topological polar surface area (TPSA) is 44.8 Å². The van der Waals surface area contributed by atoms with Crippen molar-refractivity contribution in [2.75, 3.05) is 39.6 Å². The van der Waals surface area contributed by atoms with Crippen molar-refractivity contribution in [1.29, 1.82) is 0 Å². The summed E-state index contributed by atoms with van der Waals surface area (Å²) in [6.45, 7) is 8.17. The third-order valence-corrected chi connectivity index (χ3v) is 1.57. The van der Waals surface area contributed by atoms with Gasteiger partial charge in [-0.1, -0.05) is 0 Å². The zero-order valence-electron chi connectivity index (χ0n) is 9.79. The van der Waals surface area contributed by atoms with Crippen LogP contribution in [-0.4, -0.2) is 45.4 Å². The summed E-state index contributed by atoms with van der Waals surface area (Å²) in [7, 11) is 0. The molecule has 0 unspecified atom stereocenters. The zero-order valence-corrected chi connectivity index (χ0v) is 9.79. The zero-order chi connectivity index (χ0) is 11.4. The van der Waals surface area contributed by atoms with Gasteiger partial charge in [0.2, 0.25) is 0 Å². The summed E-state index contributed by atoms with van der Waals surface area (Å²) in [6.07, 6.45) is 2.56. The summed E-state index contributed by atoms with van der Waals surface area (Å²) in [5.74, 6) is 0.167. The lowest BCUT2D eigenvalue weighted by Gasteiger charge is -2.09. The summed E-state index contributed by atoms with van der Waals surface area (Å²) in [5, 5.41) is 0. The van der Waals surface area contributed by atoms with Crippen LogP contribution >= 0.6 is 0 Å². The van der Waals surface area contributed by atoms with Crippen LogP contribution in [0.1, 0.15) is 26.7 Å². The van der Waals surface area contributed by atoms with E-state index in [-0.39, 0.29) is 5.78 Å². The Bertz CT molecular complexity index is 116. The minimum atomic E-state index is 0.167. The van der Waals surface area contributed by atoms with Gasteiger partial charge in [-0.3, -0.25) is 0 Å². The van der Waals surface area contributed by atoms with Crippen molar-refractivity contribution in [2.45, 2.75) is 26.7 Å².